The smallest absolute Gasteiger partial charge is 0.261 e. The maximum Gasteiger partial charge on any atom is 0.261 e. The number of aliphatic hydroxyl groups excluding tert-OH is 1. The summed E-state index contributed by atoms with van der Waals surface area (Å²) in [5.74, 6) is -0.237. The lowest BCUT2D eigenvalue weighted by molar-refractivity contribution is -0.419. The van der Waals surface area contributed by atoms with Crippen molar-refractivity contribution < 1.29 is 56.9 Å². The van der Waals surface area contributed by atoms with Crippen LogP contribution < -0.4 is 15.1 Å². The van der Waals surface area contributed by atoms with Gasteiger partial charge >= 0.3 is 0 Å². The van der Waals surface area contributed by atoms with E-state index in [2.05, 4.69) is 51.6 Å². The number of hydrogen-bond donors (Lipinski definition) is 1. The Bertz CT molecular complexity index is 1990. The zero-order chi connectivity index (χ0) is 44.8. The van der Waals surface area contributed by atoms with Crippen molar-refractivity contribution in [1.82, 2.24) is 0 Å². The van der Waals surface area contributed by atoms with Crippen LogP contribution in [0.25, 0.3) is 0 Å². The zero-order valence-corrected chi connectivity index (χ0v) is 38.7. The van der Waals surface area contributed by atoms with Gasteiger partial charge in [0.15, 0.2) is 18.4 Å². The van der Waals surface area contributed by atoms with Crippen LogP contribution in [0.5, 0.6) is 5.75 Å². The molecule has 0 saturated carbocycles. The number of fused-ring (bicyclic) bond motifs is 1. The van der Waals surface area contributed by atoms with Crippen molar-refractivity contribution >= 4 is 18.7 Å². The molecule has 3 heterocycles. The third-order valence-corrected chi connectivity index (χ3v) is 17.3. The number of aliphatic hydroxyl groups is 1. The van der Waals surface area contributed by atoms with Gasteiger partial charge in [0.1, 0.15) is 54.1 Å². The Hall–Kier alpha value is -3.80. The summed E-state index contributed by atoms with van der Waals surface area (Å²) in [7, 11) is 1.62. The molecule has 13 heteroatoms. The van der Waals surface area contributed by atoms with E-state index in [9.17, 15) is 5.11 Å². The average Bonchev–Trinajstić information content (AvgIpc) is 3.29. The minimum absolute atomic E-state index is 0.0559. The monoisotopic (exact) mass is 884 g/mol. The maximum atomic E-state index is 12.2. The summed E-state index contributed by atoms with van der Waals surface area (Å²) < 4.78 is 72.1. The zero-order valence-electron chi connectivity index (χ0n) is 37.7. The molecule has 0 spiro atoms. The van der Waals surface area contributed by atoms with E-state index in [1.165, 1.54) is 7.11 Å². The van der Waals surface area contributed by atoms with Gasteiger partial charge < -0.3 is 56.9 Å². The molecular formula is C50H64O12Si. The summed E-state index contributed by atoms with van der Waals surface area (Å²) in [6, 6.07) is 38.3. The van der Waals surface area contributed by atoms with E-state index in [0.29, 0.717) is 0 Å². The molecule has 0 radical (unpaired) electrons. The molecule has 0 amide bonds. The summed E-state index contributed by atoms with van der Waals surface area (Å²) in [4.78, 5) is 0. The topological polar surface area (TPSA) is 122 Å². The molecule has 0 bridgehead atoms. The van der Waals surface area contributed by atoms with Gasteiger partial charge in [-0.1, -0.05) is 130 Å². The third-order valence-electron chi connectivity index (χ3n) is 12.3. The van der Waals surface area contributed by atoms with Gasteiger partial charge in [0.25, 0.3) is 8.32 Å². The minimum atomic E-state index is -3.12. The van der Waals surface area contributed by atoms with Crippen molar-refractivity contribution in [3.05, 3.63) is 139 Å². The lowest BCUT2D eigenvalue weighted by atomic mass is 9.85. The van der Waals surface area contributed by atoms with E-state index in [0.717, 1.165) is 27.2 Å². The molecule has 4 aromatic carbocycles. The number of rotatable bonds is 17. The van der Waals surface area contributed by atoms with Crippen molar-refractivity contribution in [3.63, 3.8) is 0 Å². The number of benzene rings is 4. The van der Waals surface area contributed by atoms with Gasteiger partial charge in [0.05, 0.1) is 33.5 Å². The molecule has 4 unspecified atom stereocenters. The largest absolute Gasteiger partial charge is 0.497 e. The Balaban J connectivity index is 1.31. The molecule has 10 atom stereocenters. The quantitative estimate of drug-likeness (QED) is 0.0946. The summed E-state index contributed by atoms with van der Waals surface area (Å²) in [6.07, 6.45) is -7.09. The van der Waals surface area contributed by atoms with Gasteiger partial charge in [0, 0.05) is 14.2 Å². The van der Waals surface area contributed by atoms with Crippen LogP contribution in [0.3, 0.4) is 0 Å². The summed E-state index contributed by atoms with van der Waals surface area (Å²) in [5, 5.41) is 14.0. The molecule has 3 fully saturated rings. The van der Waals surface area contributed by atoms with E-state index in [1.54, 1.807) is 20.3 Å². The van der Waals surface area contributed by atoms with Crippen LogP contribution in [0.1, 0.15) is 45.7 Å². The standard InChI is InChI=1S/C50H64O12Si/c1-10-50-33-57-49(5,6)61-45(50)42(53-8)40(51)46(62-50)60-41-39(32-58-63(48(2,3)4,37-22-16-12-17-23-37)38-24-18-13-19-25-38)59-47(54-9)44(43(41)55-30-34-20-14-11-15-21-34)56-31-35-26-28-36(52-7)29-27-35/h10-29,39-47,51H,1,30-33H2,2-9H3/t39?,40?,41-,42+,43-,44?,45+,46+,47+,50?/m0/s1. The average molecular weight is 885 g/mol. The van der Waals surface area contributed by atoms with Crippen LogP contribution in [0.2, 0.25) is 5.04 Å². The first-order valence-electron chi connectivity index (χ1n) is 21.6. The van der Waals surface area contributed by atoms with E-state index < -0.39 is 75.0 Å². The predicted octanol–water partition coefficient (Wildman–Crippen LogP) is 6.31. The Morgan fingerprint density at radius 2 is 1.29 bits per heavy atom. The minimum Gasteiger partial charge on any atom is -0.497 e. The Kier molecular flexibility index (Phi) is 15.1. The molecule has 0 aromatic heterocycles. The second kappa shape index (κ2) is 20.2. The predicted molar refractivity (Wildman–Crippen MR) is 240 cm³/mol. The molecule has 7 rings (SSSR count). The van der Waals surface area contributed by atoms with Crippen molar-refractivity contribution in [3.8, 4) is 5.75 Å². The molecule has 340 valence electrons. The number of ether oxygens (including phenoxy) is 10. The van der Waals surface area contributed by atoms with Crippen molar-refractivity contribution in [1.29, 1.82) is 0 Å². The summed E-state index contributed by atoms with van der Waals surface area (Å²) in [5.41, 5.74) is 0.595. The van der Waals surface area contributed by atoms with Crippen LogP contribution in [0, 0.1) is 0 Å². The van der Waals surface area contributed by atoms with Crippen LogP contribution in [-0.2, 0) is 60.3 Å². The molecular weight excluding hydrogens is 821 g/mol. The van der Waals surface area contributed by atoms with Gasteiger partial charge in [0.2, 0.25) is 0 Å². The Labute approximate surface area is 373 Å². The lowest BCUT2D eigenvalue weighted by Crippen LogP contribution is -2.72. The molecule has 3 saturated heterocycles. The summed E-state index contributed by atoms with van der Waals surface area (Å²) in [6.45, 7) is 14.9. The normalized spacial score (nSPS) is 29.7. The first-order valence-corrected chi connectivity index (χ1v) is 23.5. The second-order valence-electron chi connectivity index (χ2n) is 17.8. The highest BCUT2D eigenvalue weighted by molar-refractivity contribution is 6.99. The van der Waals surface area contributed by atoms with E-state index in [1.807, 2.05) is 105 Å². The van der Waals surface area contributed by atoms with Crippen LogP contribution in [-0.4, -0.2) is 115 Å². The highest BCUT2D eigenvalue weighted by atomic mass is 28.4. The van der Waals surface area contributed by atoms with E-state index in [-0.39, 0.29) is 31.5 Å². The first kappa shape index (κ1) is 47.2. The Morgan fingerprint density at radius 1 is 0.714 bits per heavy atom. The number of hydrogen-bond acceptors (Lipinski definition) is 12. The fourth-order valence-corrected chi connectivity index (χ4v) is 13.6. The SMILES string of the molecule is C=CC12COC(C)(C)O[C@@H]1[C@H](OC)C(O)[C@H](O[C@H]1C(CO[Si](c3ccccc3)(c3ccccc3)C(C)(C)C)O[C@@H](OC)C(OCc3ccc(OC)cc3)[C@H]1OCc1ccccc1)O2. The van der Waals surface area contributed by atoms with Crippen LogP contribution in [0.4, 0.5) is 0 Å². The molecule has 4 aromatic rings. The van der Waals surface area contributed by atoms with Gasteiger partial charge in [-0.15, -0.1) is 6.58 Å². The van der Waals surface area contributed by atoms with E-state index >= 15 is 0 Å². The molecule has 1 N–H and O–H groups in total. The van der Waals surface area contributed by atoms with Gasteiger partial charge in [-0.25, -0.2) is 0 Å². The fraction of sp³-hybridized carbons (Fsp3) is 0.480. The van der Waals surface area contributed by atoms with Crippen molar-refractivity contribution in [2.45, 2.75) is 120 Å². The Morgan fingerprint density at radius 3 is 1.83 bits per heavy atom. The second-order valence-corrected chi connectivity index (χ2v) is 22.1. The highest BCUT2D eigenvalue weighted by Gasteiger charge is 2.61. The summed E-state index contributed by atoms with van der Waals surface area (Å²) >= 11 is 0. The molecule has 3 aliphatic heterocycles. The van der Waals surface area contributed by atoms with Crippen LogP contribution in [0.15, 0.2) is 128 Å². The van der Waals surface area contributed by atoms with Gasteiger partial charge in [-0.3, -0.25) is 0 Å². The first-order chi connectivity index (χ1) is 30.3. The van der Waals surface area contributed by atoms with Gasteiger partial charge in [-0.05, 0) is 52.5 Å². The number of methoxy groups -OCH3 is 3. The fourth-order valence-electron chi connectivity index (χ4n) is 9.01. The molecule has 12 nitrogen and oxygen atoms in total. The van der Waals surface area contributed by atoms with Crippen molar-refractivity contribution in [2.24, 2.45) is 0 Å². The molecule has 3 aliphatic rings. The molecule has 63 heavy (non-hydrogen) atoms. The third kappa shape index (κ3) is 10.1. The molecule has 0 aliphatic carbocycles. The van der Waals surface area contributed by atoms with Gasteiger partial charge in [-0.2, -0.15) is 0 Å². The van der Waals surface area contributed by atoms with E-state index in [4.69, 9.17) is 51.8 Å². The highest BCUT2D eigenvalue weighted by Crippen LogP contribution is 2.44. The maximum absolute atomic E-state index is 12.2. The lowest BCUT2D eigenvalue weighted by Gasteiger charge is -2.56. The van der Waals surface area contributed by atoms with Crippen molar-refractivity contribution in [2.75, 3.05) is 34.5 Å². The van der Waals surface area contributed by atoms with Crippen LogP contribution >= 0.6 is 0 Å².